The standard InChI is InChI=1S/C16H29B/c1-4-7-8-9-10-11-14-17-15-12-13-16(5-2)6-3/h5,12-13,15H,4,6-11,14H2,1-3H3/b13-12-,16-5-. The number of unbranched alkanes of at least 4 members (excludes halogenated alkanes) is 5. The molecule has 0 heterocycles. The van der Waals surface area contributed by atoms with E-state index < -0.39 is 0 Å². The minimum atomic E-state index is 1.12. The Hall–Kier alpha value is -0.585. The van der Waals surface area contributed by atoms with Gasteiger partial charge in [0.25, 0.3) is 0 Å². The van der Waals surface area contributed by atoms with Crippen molar-refractivity contribution in [3.8, 4) is 0 Å². The molecule has 0 atom stereocenters. The fraction of sp³-hybridized carbons (Fsp3) is 0.688. The number of hydrogen-bond acceptors (Lipinski definition) is 0. The van der Waals surface area contributed by atoms with Crippen molar-refractivity contribution >= 4 is 12.9 Å². The van der Waals surface area contributed by atoms with Crippen molar-refractivity contribution in [2.75, 3.05) is 0 Å². The Kier molecular flexibility index (Phi) is 13.0. The van der Waals surface area contributed by atoms with Crippen LogP contribution >= 0.6 is 0 Å². The van der Waals surface area contributed by atoms with Crippen molar-refractivity contribution in [2.24, 2.45) is 0 Å². The first-order chi connectivity index (χ1) is 8.35. The van der Waals surface area contributed by atoms with Crippen LogP contribution in [0.3, 0.4) is 0 Å². The number of rotatable bonds is 10. The summed E-state index contributed by atoms with van der Waals surface area (Å²) in [5.41, 5.74) is 1.41. The van der Waals surface area contributed by atoms with Crippen molar-refractivity contribution in [1.29, 1.82) is 0 Å². The van der Waals surface area contributed by atoms with Crippen LogP contribution in [-0.4, -0.2) is 12.9 Å². The van der Waals surface area contributed by atoms with E-state index >= 15 is 0 Å². The fourth-order valence-corrected chi connectivity index (χ4v) is 1.81. The van der Waals surface area contributed by atoms with Crippen LogP contribution in [0.2, 0.25) is 6.32 Å². The summed E-state index contributed by atoms with van der Waals surface area (Å²) in [5, 5.41) is 0. The van der Waals surface area contributed by atoms with Crippen molar-refractivity contribution in [2.45, 2.75) is 72.0 Å². The molecule has 0 unspecified atom stereocenters. The number of allylic oxidation sites excluding steroid dienone is 4. The Bertz CT molecular complexity index is 236. The van der Waals surface area contributed by atoms with Gasteiger partial charge in [-0.05, 0) is 0 Å². The van der Waals surface area contributed by atoms with Crippen LogP contribution in [0.15, 0.2) is 23.8 Å². The third-order valence-electron chi connectivity index (χ3n) is 3.06. The third-order valence-corrected chi connectivity index (χ3v) is 3.06. The first kappa shape index (κ1) is 16.4. The quantitative estimate of drug-likeness (QED) is 0.276. The Morgan fingerprint density at radius 1 is 1.00 bits per heavy atom. The van der Waals surface area contributed by atoms with E-state index in [0.29, 0.717) is 0 Å². The number of hydrogen-bond donors (Lipinski definition) is 0. The molecule has 96 valence electrons. The average Bonchev–Trinajstić information content (AvgIpc) is 2.36. The Balaban J connectivity index is 3.42. The van der Waals surface area contributed by atoms with Gasteiger partial charge in [-0.25, -0.2) is 0 Å². The summed E-state index contributed by atoms with van der Waals surface area (Å²) in [7, 11) is 0. The summed E-state index contributed by atoms with van der Waals surface area (Å²) in [5.74, 6) is 2.19. The Morgan fingerprint density at radius 3 is 2.35 bits per heavy atom. The molecule has 0 fully saturated rings. The van der Waals surface area contributed by atoms with Gasteiger partial charge in [-0.1, -0.05) is 0 Å². The van der Waals surface area contributed by atoms with Gasteiger partial charge in [-0.2, -0.15) is 0 Å². The van der Waals surface area contributed by atoms with Crippen molar-refractivity contribution in [1.82, 2.24) is 0 Å². The monoisotopic (exact) mass is 232 g/mol. The molecule has 0 rings (SSSR count). The van der Waals surface area contributed by atoms with Gasteiger partial charge in [-0.15, -0.1) is 0 Å². The van der Waals surface area contributed by atoms with Gasteiger partial charge in [-0.3, -0.25) is 0 Å². The van der Waals surface area contributed by atoms with Gasteiger partial charge in [0.1, 0.15) is 0 Å². The second-order valence-electron chi connectivity index (χ2n) is 4.56. The molecule has 0 aromatic rings. The Labute approximate surface area is 109 Å². The molecule has 0 aliphatic carbocycles. The molecule has 0 aliphatic rings. The van der Waals surface area contributed by atoms with E-state index in [0.717, 1.165) is 6.42 Å². The fourth-order valence-electron chi connectivity index (χ4n) is 1.81. The van der Waals surface area contributed by atoms with Gasteiger partial charge < -0.3 is 0 Å². The normalized spacial score (nSPS) is 12.5. The van der Waals surface area contributed by atoms with E-state index in [-0.39, 0.29) is 0 Å². The molecular formula is C16H29B. The van der Waals surface area contributed by atoms with Crippen LogP contribution < -0.4 is 0 Å². The summed E-state index contributed by atoms with van der Waals surface area (Å²) >= 11 is 0. The Morgan fingerprint density at radius 2 is 1.71 bits per heavy atom. The predicted molar refractivity (Wildman–Crippen MR) is 83.2 cm³/mol. The maximum atomic E-state index is 2.29. The van der Waals surface area contributed by atoms with Gasteiger partial charge in [0, 0.05) is 0 Å². The van der Waals surface area contributed by atoms with E-state index in [1.807, 2.05) is 0 Å². The summed E-state index contributed by atoms with van der Waals surface area (Å²) in [6.07, 6.45) is 17.2. The summed E-state index contributed by atoms with van der Waals surface area (Å²) in [6.45, 7) is 8.85. The van der Waals surface area contributed by atoms with Crippen molar-refractivity contribution in [3.63, 3.8) is 0 Å². The zero-order valence-electron chi connectivity index (χ0n) is 12.0. The van der Waals surface area contributed by atoms with Crippen LogP contribution in [-0.2, 0) is 0 Å². The molecule has 0 aromatic heterocycles. The molecule has 0 aliphatic heterocycles. The van der Waals surface area contributed by atoms with Gasteiger partial charge in [0.15, 0.2) is 0 Å². The van der Waals surface area contributed by atoms with Crippen LogP contribution in [0, 0.1) is 0 Å². The van der Waals surface area contributed by atoms with Crippen LogP contribution in [0.5, 0.6) is 0 Å². The summed E-state index contributed by atoms with van der Waals surface area (Å²) in [6, 6.07) is 0. The zero-order chi connectivity index (χ0) is 12.8. The molecular weight excluding hydrogens is 203 g/mol. The van der Waals surface area contributed by atoms with E-state index in [1.165, 1.54) is 50.4 Å². The van der Waals surface area contributed by atoms with Crippen molar-refractivity contribution < 1.29 is 0 Å². The zero-order valence-corrected chi connectivity index (χ0v) is 12.0. The minimum absolute atomic E-state index is 1.12. The third kappa shape index (κ3) is 11.7. The van der Waals surface area contributed by atoms with E-state index in [1.54, 1.807) is 0 Å². The molecule has 0 amide bonds. The summed E-state index contributed by atoms with van der Waals surface area (Å²) < 4.78 is 0. The molecule has 0 bridgehead atoms. The molecule has 0 radical (unpaired) electrons. The van der Waals surface area contributed by atoms with Crippen molar-refractivity contribution in [3.05, 3.63) is 23.8 Å². The molecule has 17 heavy (non-hydrogen) atoms. The van der Waals surface area contributed by atoms with E-state index in [2.05, 4.69) is 51.9 Å². The SMILES string of the molecule is C\C=C(/C=C\C=B\CCCCCCCC)CC. The summed E-state index contributed by atoms with van der Waals surface area (Å²) in [4.78, 5) is 0. The molecule has 0 aromatic carbocycles. The molecule has 0 nitrogen and oxygen atoms in total. The average molecular weight is 232 g/mol. The maximum absolute atomic E-state index is 2.29. The van der Waals surface area contributed by atoms with Gasteiger partial charge in [0.2, 0.25) is 0 Å². The molecule has 0 saturated heterocycles. The van der Waals surface area contributed by atoms with Gasteiger partial charge >= 0.3 is 109 Å². The predicted octanol–water partition coefficient (Wildman–Crippen LogP) is 5.18. The molecule has 1 heteroatoms. The van der Waals surface area contributed by atoms with E-state index in [4.69, 9.17) is 0 Å². The first-order valence-electron chi connectivity index (χ1n) is 7.33. The molecule has 0 N–H and O–H groups in total. The second kappa shape index (κ2) is 13.5. The van der Waals surface area contributed by atoms with Crippen LogP contribution in [0.25, 0.3) is 0 Å². The second-order valence-corrected chi connectivity index (χ2v) is 4.56. The molecule has 0 spiro atoms. The molecule has 0 saturated carbocycles. The topological polar surface area (TPSA) is 0 Å². The first-order valence-corrected chi connectivity index (χ1v) is 7.33. The van der Waals surface area contributed by atoms with Gasteiger partial charge in [0.05, 0.1) is 0 Å². The van der Waals surface area contributed by atoms with E-state index in [9.17, 15) is 0 Å². The van der Waals surface area contributed by atoms with Crippen LogP contribution in [0.1, 0.15) is 65.7 Å². The van der Waals surface area contributed by atoms with Crippen LogP contribution in [0.4, 0.5) is 0 Å².